The van der Waals surface area contributed by atoms with Crippen molar-refractivity contribution in [2.24, 2.45) is 0 Å². The van der Waals surface area contributed by atoms with E-state index in [1.54, 1.807) is 0 Å². The second-order valence-electron chi connectivity index (χ2n) is 6.79. The summed E-state index contributed by atoms with van der Waals surface area (Å²) in [7, 11) is 0. The van der Waals surface area contributed by atoms with Gasteiger partial charge in [-0.05, 0) is 12.1 Å². The van der Waals surface area contributed by atoms with Gasteiger partial charge in [0.1, 0.15) is 5.52 Å². The minimum Gasteiger partial charge on any atom is -0.431 e. The summed E-state index contributed by atoms with van der Waals surface area (Å²) in [5.41, 5.74) is 3.40. The number of thioether (sulfide) groups is 1. The van der Waals surface area contributed by atoms with Gasteiger partial charge in [-0.2, -0.15) is 4.98 Å². The van der Waals surface area contributed by atoms with Crippen molar-refractivity contribution in [2.75, 3.05) is 5.32 Å². The molecule has 32 heavy (non-hydrogen) atoms. The number of hydrogen-bond acceptors (Lipinski definition) is 9. The van der Waals surface area contributed by atoms with Crippen LogP contribution in [0.3, 0.4) is 0 Å². The highest BCUT2D eigenvalue weighted by molar-refractivity contribution is 7.98. The Morgan fingerprint density at radius 2 is 1.88 bits per heavy atom. The van der Waals surface area contributed by atoms with Gasteiger partial charge in [0.05, 0.1) is 11.4 Å². The van der Waals surface area contributed by atoms with Crippen LogP contribution in [0, 0.1) is 0 Å². The van der Waals surface area contributed by atoms with E-state index in [4.69, 9.17) is 8.94 Å². The second kappa shape index (κ2) is 9.33. The Balaban J connectivity index is 1.11. The van der Waals surface area contributed by atoms with Crippen molar-refractivity contribution in [3.05, 3.63) is 71.7 Å². The third-order valence-electron chi connectivity index (χ3n) is 4.50. The molecule has 8 nitrogen and oxygen atoms in total. The molecule has 10 heteroatoms. The Bertz CT molecular complexity index is 1310. The number of thiazole rings is 1. The zero-order valence-corrected chi connectivity index (χ0v) is 18.4. The zero-order valence-electron chi connectivity index (χ0n) is 16.7. The summed E-state index contributed by atoms with van der Waals surface area (Å²) in [6.07, 6.45) is 0.573. The Hall–Kier alpha value is -3.50. The molecule has 2 aromatic carbocycles. The van der Waals surface area contributed by atoms with Crippen molar-refractivity contribution in [3.63, 3.8) is 0 Å². The number of carbonyl (C=O) groups is 1. The average molecular weight is 464 g/mol. The first-order valence-electron chi connectivity index (χ1n) is 9.83. The third-order valence-corrected chi connectivity index (χ3v) is 6.08. The van der Waals surface area contributed by atoms with Gasteiger partial charge in [0, 0.05) is 23.8 Å². The number of benzene rings is 2. The average Bonchev–Trinajstić information content (AvgIpc) is 3.56. The fourth-order valence-corrected chi connectivity index (χ4v) is 4.38. The van der Waals surface area contributed by atoms with Crippen LogP contribution in [0.4, 0.5) is 5.13 Å². The summed E-state index contributed by atoms with van der Waals surface area (Å²) in [4.78, 5) is 25.5. The van der Waals surface area contributed by atoms with Gasteiger partial charge in [-0.3, -0.25) is 4.79 Å². The summed E-state index contributed by atoms with van der Waals surface area (Å²) in [5, 5.41) is 9.82. The molecule has 3 heterocycles. The van der Waals surface area contributed by atoms with Crippen molar-refractivity contribution in [3.8, 4) is 11.3 Å². The molecule has 160 valence electrons. The minimum absolute atomic E-state index is 0.153. The van der Waals surface area contributed by atoms with Gasteiger partial charge >= 0.3 is 0 Å². The van der Waals surface area contributed by atoms with Crippen LogP contribution in [0.15, 0.2) is 74.1 Å². The molecule has 0 radical (unpaired) electrons. The first kappa shape index (κ1) is 20.4. The molecule has 5 aromatic rings. The van der Waals surface area contributed by atoms with Crippen molar-refractivity contribution in [1.82, 2.24) is 20.1 Å². The maximum atomic E-state index is 12.3. The lowest BCUT2D eigenvalue weighted by atomic mass is 10.2. The maximum Gasteiger partial charge on any atom is 0.257 e. The van der Waals surface area contributed by atoms with E-state index >= 15 is 0 Å². The predicted molar refractivity (Wildman–Crippen MR) is 122 cm³/mol. The van der Waals surface area contributed by atoms with Crippen LogP contribution in [-0.2, 0) is 17.0 Å². The molecule has 0 bridgehead atoms. The van der Waals surface area contributed by atoms with Crippen molar-refractivity contribution >= 4 is 45.2 Å². The van der Waals surface area contributed by atoms with E-state index in [1.165, 1.54) is 23.1 Å². The van der Waals surface area contributed by atoms with Gasteiger partial charge in [0.25, 0.3) is 5.22 Å². The molecule has 0 saturated heterocycles. The van der Waals surface area contributed by atoms with Crippen LogP contribution in [0.25, 0.3) is 22.4 Å². The number of anilines is 1. The number of nitrogens with zero attached hydrogens (tertiary/aromatic N) is 4. The summed E-state index contributed by atoms with van der Waals surface area (Å²) in [5.74, 6) is 1.25. The number of rotatable bonds is 8. The molecule has 0 saturated carbocycles. The minimum atomic E-state index is -0.153. The molecule has 0 atom stereocenters. The van der Waals surface area contributed by atoms with Crippen LogP contribution >= 0.6 is 23.1 Å². The lowest BCUT2D eigenvalue weighted by Gasteiger charge is -1.99. The standard InChI is InChI=1S/C22H17N5O3S2/c28-19(26-21-23-16(12-31-21)14-6-2-1-3-7-14)10-11-20-25-18(27-30-20)13-32-22-24-15-8-4-5-9-17(15)29-22/h1-9,12H,10-11,13H2,(H,23,26,28). The fraction of sp³-hybridized carbons (Fsp3) is 0.136. The molecule has 0 fully saturated rings. The smallest absolute Gasteiger partial charge is 0.257 e. The normalized spacial score (nSPS) is 11.1. The monoisotopic (exact) mass is 463 g/mol. The van der Waals surface area contributed by atoms with Crippen LogP contribution in [0.5, 0.6) is 0 Å². The predicted octanol–water partition coefficient (Wildman–Crippen LogP) is 5.20. The maximum absolute atomic E-state index is 12.3. The van der Waals surface area contributed by atoms with Crippen LogP contribution in [0.1, 0.15) is 18.1 Å². The Kier molecular flexibility index (Phi) is 5.95. The second-order valence-corrected chi connectivity index (χ2v) is 8.58. The molecular weight excluding hydrogens is 446 g/mol. The van der Waals surface area contributed by atoms with E-state index in [0.29, 0.717) is 34.2 Å². The molecule has 0 aliphatic carbocycles. The molecule has 1 amide bonds. The highest BCUT2D eigenvalue weighted by atomic mass is 32.2. The molecular formula is C22H17N5O3S2. The highest BCUT2D eigenvalue weighted by Crippen LogP contribution is 2.26. The number of aryl methyl sites for hydroxylation is 1. The fourth-order valence-electron chi connectivity index (χ4n) is 2.96. The molecule has 0 aliphatic rings. The quantitative estimate of drug-likeness (QED) is 0.313. The molecule has 3 aromatic heterocycles. The number of carbonyl (C=O) groups excluding carboxylic acids is 1. The van der Waals surface area contributed by atoms with Gasteiger partial charge in [0.15, 0.2) is 16.5 Å². The van der Waals surface area contributed by atoms with E-state index in [1.807, 2.05) is 60.0 Å². The molecule has 5 rings (SSSR count). The van der Waals surface area contributed by atoms with Crippen molar-refractivity contribution in [1.29, 1.82) is 0 Å². The summed E-state index contributed by atoms with van der Waals surface area (Å²) in [6.45, 7) is 0. The molecule has 0 spiro atoms. The van der Waals surface area contributed by atoms with E-state index < -0.39 is 0 Å². The van der Waals surface area contributed by atoms with Gasteiger partial charge in [0.2, 0.25) is 11.8 Å². The number of nitrogens with one attached hydrogen (secondary N) is 1. The number of amides is 1. The first-order valence-corrected chi connectivity index (χ1v) is 11.7. The number of oxazole rings is 1. The number of hydrogen-bond donors (Lipinski definition) is 1. The first-order chi connectivity index (χ1) is 15.7. The van der Waals surface area contributed by atoms with Crippen LogP contribution < -0.4 is 5.32 Å². The van der Waals surface area contributed by atoms with Crippen LogP contribution in [-0.4, -0.2) is 26.0 Å². The Labute approximate surface area is 191 Å². The SMILES string of the molecule is O=C(CCc1nc(CSc2nc3ccccc3o2)no1)Nc1nc(-c2ccccc2)cs1. The van der Waals surface area contributed by atoms with E-state index in [0.717, 1.165) is 22.4 Å². The molecule has 0 aliphatic heterocycles. The number of aromatic nitrogens is 4. The largest absolute Gasteiger partial charge is 0.431 e. The van der Waals surface area contributed by atoms with E-state index in [-0.39, 0.29) is 12.3 Å². The van der Waals surface area contributed by atoms with Crippen molar-refractivity contribution in [2.45, 2.75) is 23.8 Å². The Morgan fingerprint density at radius 3 is 2.75 bits per heavy atom. The number of fused-ring (bicyclic) bond motifs is 1. The van der Waals surface area contributed by atoms with Gasteiger partial charge < -0.3 is 14.3 Å². The Morgan fingerprint density at radius 1 is 1.03 bits per heavy atom. The van der Waals surface area contributed by atoms with Crippen molar-refractivity contribution < 1.29 is 13.7 Å². The van der Waals surface area contributed by atoms with Gasteiger partial charge in [-0.15, -0.1) is 11.3 Å². The van der Waals surface area contributed by atoms with Gasteiger partial charge in [-0.1, -0.05) is 59.4 Å². The third kappa shape index (κ3) is 4.87. The van der Waals surface area contributed by atoms with E-state index in [9.17, 15) is 4.79 Å². The molecule has 0 unspecified atom stereocenters. The van der Waals surface area contributed by atoms with E-state index in [2.05, 4.69) is 25.4 Å². The summed E-state index contributed by atoms with van der Waals surface area (Å²) >= 11 is 2.78. The summed E-state index contributed by atoms with van der Waals surface area (Å²) in [6, 6.07) is 17.4. The lowest BCUT2D eigenvalue weighted by molar-refractivity contribution is -0.116. The zero-order chi connectivity index (χ0) is 21.8. The number of para-hydroxylation sites is 2. The van der Waals surface area contributed by atoms with Crippen LogP contribution in [0.2, 0.25) is 0 Å². The topological polar surface area (TPSA) is 107 Å². The summed E-state index contributed by atoms with van der Waals surface area (Å²) < 4.78 is 10.9. The highest BCUT2D eigenvalue weighted by Gasteiger charge is 2.13. The molecule has 1 N–H and O–H groups in total. The lowest BCUT2D eigenvalue weighted by Crippen LogP contribution is -2.12. The van der Waals surface area contributed by atoms with Gasteiger partial charge in [-0.25, -0.2) is 9.97 Å².